The van der Waals surface area contributed by atoms with Crippen molar-refractivity contribution >= 4 is 11.8 Å². The number of ether oxygens (including phenoxy) is 1. The predicted octanol–water partition coefficient (Wildman–Crippen LogP) is 3.43. The van der Waals surface area contributed by atoms with Gasteiger partial charge in [-0.1, -0.05) is 54.6 Å². The van der Waals surface area contributed by atoms with E-state index in [4.69, 9.17) is 0 Å². The molecule has 2 aromatic rings. The molecule has 2 rings (SSSR count). The van der Waals surface area contributed by atoms with Crippen molar-refractivity contribution in [1.82, 2.24) is 5.43 Å². The van der Waals surface area contributed by atoms with E-state index < -0.39 is 6.09 Å². The Balaban J connectivity index is 2.14. The van der Waals surface area contributed by atoms with Crippen molar-refractivity contribution in [2.75, 3.05) is 7.11 Å². The van der Waals surface area contributed by atoms with Gasteiger partial charge in [0.05, 0.1) is 12.8 Å². The summed E-state index contributed by atoms with van der Waals surface area (Å²) in [6.45, 7) is 1.83. The number of amides is 1. The minimum absolute atomic E-state index is 0.578. The summed E-state index contributed by atoms with van der Waals surface area (Å²) in [5.74, 6) is 0. The molecule has 0 aliphatic carbocycles. The highest BCUT2D eigenvalue weighted by Gasteiger charge is 2.01. The van der Waals surface area contributed by atoms with Gasteiger partial charge < -0.3 is 4.74 Å². The Morgan fingerprint density at radius 2 is 1.60 bits per heavy atom. The minimum atomic E-state index is -0.578. The van der Waals surface area contributed by atoms with Crippen LogP contribution in [0.2, 0.25) is 0 Å². The maximum Gasteiger partial charge on any atom is 0.427 e. The van der Waals surface area contributed by atoms with Gasteiger partial charge in [-0.25, -0.2) is 10.2 Å². The topological polar surface area (TPSA) is 50.7 Å². The van der Waals surface area contributed by atoms with E-state index in [1.807, 2.05) is 49.4 Å². The molecule has 0 heterocycles. The van der Waals surface area contributed by atoms with Crippen LogP contribution in [0.15, 0.2) is 59.7 Å². The van der Waals surface area contributed by atoms with Crippen molar-refractivity contribution in [2.45, 2.75) is 6.92 Å². The molecule has 0 fully saturated rings. The van der Waals surface area contributed by atoms with Crippen molar-refractivity contribution in [3.8, 4) is 11.1 Å². The first-order chi connectivity index (χ1) is 9.70. The van der Waals surface area contributed by atoms with E-state index in [1.54, 1.807) is 0 Å². The Hall–Kier alpha value is -2.62. The predicted molar refractivity (Wildman–Crippen MR) is 79.6 cm³/mol. The standard InChI is InChI=1S/C16H16N2O2/c1-12(17-18-16(19)20-2)13-8-10-15(11-9-13)14-6-4-3-5-7-14/h3-11H,1-2H3,(H,18,19). The van der Waals surface area contributed by atoms with Crippen LogP contribution in [0, 0.1) is 0 Å². The molecule has 0 unspecified atom stereocenters. The molecule has 102 valence electrons. The SMILES string of the molecule is COC(=O)NN=C(C)c1ccc(-c2ccccc2)cc1. The van der Waals surface area contributed by atoms with Crippen LogP contribution in [0.1, 0.15) is 12.5 Å². The Morgan fingerprint density at radius 1 is 1.00 bits per heavy atom. The average molecular weight is 268 g/mol. The summed E-state index contributed by atoms with van der Waals surface area (Å²) < 4.78 is 4.46. The van der Waals surface area contributed by atoms with Crippen LogP contribution in [0.4, 0.5) is 4.79 Å². The van der Waals surface area contributed by atoms with Gasteiger partial charge in [0.2, 0.25) is 0 Å². The van der Waals surface area contributed by atoms with Crippen molar-refractivity contribution < 1.29 is 9.53 Å². The summed E-state index contributed by atoms with van der Waals surface area (Å²) in [5.41, 5.74) is 6.28. The molecular formula is C16H16N2O2. The van der Waals surface area contributed by atoms with Crippen molar-refractivity contribution in [1.29, 1.82) is 0 Å². The molecule has 2 aromatic carbocycles. The Labute approximate surface area is 118 Å². The second kappa shape index (κ2) is 6.52. The first kappa shape index (κ1) is 13.8. The third-order valence-corrected chi connectivity index (χ3v) is 2.91. The fourth-order valence-electron chi connectivity index (χ4n) is 1.77. The average Bonchev–Trinajstić information content (AvgIpc) is 2.53. The smallest absolute Gasteiger partial charge is 0.427 e. The molecule has 20 heavy (non-hydrogen) atoms. The second-order valence-electron chi connectivity index (χ2n) is 4.24. The number of hydrazone groups is 1. The summed E-state index contributed by atoms with van der Waals surface area (Å²) in [4.78, 5) is 10.9. The van der Waals surface area contributed by atoms with Gasteiger partial charge in [-0.3, -0.25) is 0 Å². The maximum absolute atomic E-state index is 10.9. The van der Waals surface area contributed by atoms with Gasteiger partial charge in [-0.2, -0.15) is 5.10 Å². The summed E-state index contributed by atoms with van der Waals surface area (Å²) in [6, 6.07) is 18.1. The first-order valence-electron chi connectivity index (χ1n) is 6.25. The van der Waals surface area contributed by atoms with E-state index in [1.165, 1.54) is 12.7 Å². The fraction of sp³-hybridized carbons (Fsp3) is 0.125. The van der Waals surface area contributed by atoms with E-state index in [9.17, 15) is 4.79 Å². The highest BCUT2D eigenvalue weighted by atomic mass is 16.5. The Bertz CT molecular complexity index is 604. The van der Waals surface area contributed by atoms with Crippen LogP contribution in [-0.2, 0) is 4.74 Å². The number of nitrogens with one attached hydrogen (secondary N) is 1. The molecule has 0 aliphatic rings. The molecule has 4 nitrogen and oxygen atoms in total. The number of hydrogen-bond donors (Lipinski definition) is 1. The Morgan fingerprint density at radius 3 is 2.20 bits per heavy atom. The molecular weight excluding hydrogens is 252 g/mol. The number of benzene rings is 2. The minimum Gasteiger partial charge on any atom is -0.452 e. The maximum atomic E-state index is 10.9. The lowest BCUT2D eigenvalue weighted by Gasteiger charge is -2.05. The monoisotopic (exact) mass is 268 g/mol. The fourth-order valence-corrected chi connectivity index (χ4v) is 1.77. The molecule has 4 heteroatoms. The number of nitrogens with zero attached hydrogens (tertiary/aromatic N) is 1. The third kappa shape index (κ3) is 3.45. The zero-order chi connectivity index (χ0) is 14.4. The van der Waals surface area contributed by atoms with E-state index >= 15 is 0 Å². The first-order valence-corrected chi connectivity index (χ1v) is 6.25. The van der Waals surface area contributed by atoms with Gasteiger partial charge in [-0.05, 0) is 23.6 Å². The van der Waals surface area contributed by atoms with E-state index in [0.29, 0.717) is 0 Å². The molecule has 0 aliphatic heterocycles. The summed E-state index contributed by atoms with van der Waals surface area (Å²) in [5, 5.41) is 3.96. The van der Waals surface area contributed by atoms with E-state index in [-0.39, 0.29) is 0 Å². The quantitative estimate of drug-likeness (QED) is 0.685. The van der Waals surface area contributed by atoms with Crippen molar-refractivity contribution in [2.24, 2.45) is 5.10 Å². The van der Waals surface area contributed by atoms with Crippen molar-refractivity contribution in [3.05, 3.63) is 60.2 Å². The summed E-state index contributed by atoms with van der Waals surface area (Å²) in [7, 11) is 1.30. The van der Waals surface area contributed by atoms with Crippen molar-refractivity contribution in [3.63, 3.8) is 0 Å². The number of rotatable bonds is 3. The number of carbonyl (C=O) groups excluding carboxylic acids is 1. The van der Waals surface area contributed by atoms with Crippen LogP contribution in [0.25, 0.3) is 11.1 Å². The van der Waals surface area contributed by atoms with E-state index in [2.05, 4.69) is 27.4 Å². The van der Waals surface area contributed by atoms with Crippen LogP contribution < -0.4 is 5.43 Å². The molecule has 0 radical (unpaired) electrons. The van der Waals surface area contributed by atoms with Gasteiger partial charge in [-0.15, -0.1) is 0 Å². The normalized spacial score (nSPS) is 11.0. The number of methoxy groups -OCH3 is 1. The van der Waals surface area contributed by atoms with Crippen LogP contribution in [0.5, 0.6) is 0 Å². The lowest BCUT2D eigenvalue weighted by Crippen LogP contribution is -2.18. The van der Waals surface area contributed by atoms with Crippen LogP contribution in [-0.4, -0.2) is 18.9 Å². The highest BCUT2D eigenvalue weighted by molar-refractivity contribution is 5.99. The zero-order valence-corrected chi connectivity index (χ0v) is 11.5. The molecule has 0 spiro atoms. The molecule has 1 amide bonds. The number of carbonyl (C=O) groups is 1. The van der Waals surface area contributed by atoms with Crippen LogP contribution >= 0.6 is 0 Å². The van der Waals surface area contributed by atoms with Gasteiger partial charge in [0.25, 0.3) is 0 Å². The van der Waals surface area contributed by atoms with E-state index in [0.717, 1.165) is 16.8 Å². The van der Waals surface area contributed by atoms with Gasteiger partial charge in [0, 0.05) is 0 Å². The molecule has 0 saturated carbocycles. The molecule has 1 N–H and O–H groups in total. The highest BCUT2D eigenvalue weighted by Crippen LogP contribution is 2.19. The summed E-state index contributed by atoms with van der Waals surface area (Å²) >= 11 is 0. The van der Waals surface area contributed by atoms with Crippen LogP contribution in [0.3, 0.4) is 0 Å². The van der Waals surface area contributed by atoms with Gasteiger partial charge >= 0.3 is 6.09 Å². The van der Waals surface area contributed by atoms with Gasteiger partial charge in [0.1, 0.15) is 0 Å². The zero-order valence-electron chi connectivity index (χ0n) is 11.5. The molecule has 0 saturated heterocycles. The Kier molecular flexibility index (Phi) is 4.50. The summed E-state index contributed by atoms with van der Waals surface area (Å²) in [6.07, 6.45) is -0.578. The molecule has 0 aromatic heterocycles. The molecule has 0 bridgehead atoms. The largest absolute Gasteiger partial charge is 0.452 e. The number of hydrogen-bond acceptors (Lipinski definition) is 3. The lowest BCUT2D eigenvalue weighted by molar-refractivity contribution is 0.171. The second-order valence-corrected chi connectivity index (χ2v) is 4.24. The lowest BCUT2D eigenvalue weighted by atomic mass is 10.0. The third-order valence-electron chi connectivity index (χ3n) is 2.91. The van der Waals surface area contributed by atoms with Gasteiger partial charge in [0.15, 0.2) is 0 Å². The molecule has 0 atom stereocenters.